The Morgan fingerprint density at radius 2 is 2.05 bits per heavy atom. The Hall–Kier alpha value is -0.770. The predicted octanol–water partition coefficient (Wildman–Crippen LogP) is 2.89. The van der Waals surface area contributed by atoms with Crippen LogP contribution in [0.3, 0.4) is 0 Å². The van der Waals surface area contributed by atoms with Gasteiger partial charge in [-0.15, -0.1) is 0 Å². The first-order chi connectivity index (χ1) is 9.70. The Morgan fingerprint density at radius 3 is 2.70 bits per heavy atom. The molecule has 2 atom stereocenters. The largest absolute Gasteiger partial charge is 0.371 e. The molecule has 0 aliphatic carbocycles. The van der Waals surface area contributed by atoms with Crippen LogP contribution in [-0.2, 0) is 0 Å². The van der Waals surface area contributed by atoms with Crippen molar-refractivity contribution in [3.63, 3.8) is 0 Å². The van der Waals surface area contributed by atoms with Crippen LogP contribution in [0.2, 0.25) is 5.02 Å². The number of nitrogens with two attached hydrogens (primary N) is 1. The van der Waals surface area contributed by atoms with E-state index >= 15 is 0 Å². The van der Waals surface area contributed by atoms with Crippen LogP contribution in [0.1, 0.15) is 30.9 Å². The van der Waals surface area contributed by atoms with Gasteiger partial charge in [0, 0.05) is 41.9 Å². The van der Waals surface area contributed by atoms with Crippen LogP contribution in [0, 0.1) is 5.92 Å². The molecule has 2 aliphatic rings. The lowest BCUT2D eigenvalue weighted by molar-refractivity contribution is 0.314. The second kappa shape index (κ2) is 5.92. The van der Waals surface area contributed by atoms with Crippen LogP contribution in [0.25, 0.3) is 0 Å². The highest BCUT2D eigenvalue weighted by Crippen LogP contribution is 2.42. The smallest absolute Gasteiger partial charge is 0.0474 e. The molecule has 0 spiro atoms. The van der Waals surface area contributed by atoms with Crippen molar-refractivity contribution in [2.75, 3.05) is 38.1 Å². The summed E-state index contributed by atoms with van der Waals surface area (Å²) in [6, 6.07) is 6.75. The summed E-state index contributed by atoms with van der Waals surface area (Å²) < 4.78 is 0. The molecule has 110 valence electrons. The van der Waals surface area contributed by atoms with Gasteiger partial charge >= 0.3 is 0 Å². The van der Waals surface area contributed by atoms with Crippen LogP contribution in [-0.4, -0.2) is 38.1 Å². The normalized spacial score (nSPS) is 27.4. The van der Waals surface area contributed by atoms with Crippen LogP contribution in [0.15, 0.2) is 18.2 Å². The average molecular weight is 294 g/mol. The van der Waals surface area contributed by atoms with E-state index in [1.807, 2.05) is 6.07 Å². The maximum absolute atomic E-state index is 6.56. The Kier molecular flexibility index (Phi) is 4.20. The molecule has 3 rings (SSSR count). The number of likely N-dealkylation sites (tertiary alicyclic amines) is 1. The lowest BCUT2D eigenvalue weighted by Crippen LogP contribution is -2.24. The van der Waals surface area contributed by atoms with Crippen molar-refractivity contribution in [1.82, 2.24) is 4.90 Å². The van der Waals surface area contributed by atoms with Gasteiger partial charge in [-0.2, -0.15) is 0 Å². The van der Waals surface area contributed by atoms with E-state index in [2.05, 4.69) is 29.0 Å². The number of halogens is 1. The minimum absolute atomic E-state index is 0.410. The van der Waals surface area contributed by atoms with Crippen LogP contribution < -0.4 is 10.6 Å². The zero-order valence-corrected chi connectivity index (χ0v) is 12.9. The van der Waals surface area contributed by atoms with Crippen molar-refractivity contribution in [3.05, 3.63) is 28.8 Å². The minimum Gasteiger partial charge on any atom is -0.371 e. The molecule has 2 saturated heterocycles. The standard InChI is InChI=1S/C16H24ClN3/c1-19-11-12(10-18)9-15(19)16-13(17)5-4-6-14(16)20-7-2-3-8-20/h4-6,12,15H,2-3,7-11,18H2,1H3. The quantitative estimate of drug-likeness (QED) is 0.930. The second-order valence-electron chi connectivity index (χ2n) is 6.16. The molecule has 1 aromatic carbocycles. The topological polar surface area (TPSA) is 32.5 Å². The summed E-state index contributed by atoms with van der Waals surface area (Å²) in [5.74, 6) is 0.590. The van der Waals surface area contributed by atoms with Gasteiger partial charge < -0.3 is 10.6 Å². The Morgan fingerprint density at radius 1 is 1.30 bits per heavy atom. The molecular weight excluding hydrogens is 270 g/mol. The highest BCUT2D eigenvalue weighted by Gasteiger charge is 2.33. The number of hydrogen-bond donors (Lipinski definition) is 1. The fraction of sp³-hybridized carbons (Fsp3) is 0.625. The Balaban J connectivity index is 1.95. The van der Waals surface area contributed by atoms with Crippen molar-refractivity contribution in [3.8, 4) is 0 Å². The van der Waals surface area contributed by atoms with E-state index in [1.165, 1.54) is 24.1 Å². The maximum Gasteiger partial charge on any atom is 0.0474 e. The van der Waals surface area contributed by atoms with Gasteiger partial charge in [0.15, 0.2) is 0 Å². The minimum atomic E-state index is 0.410. The summed E-state index contributed by atoms with van der Waals surface area (Å²) in [6.07, 6.45) is 3.70. The first kappa shape index (κ1) is 14.2. The van der Waals surface area contributed by atoms with Crippen LogP contribution in [0.5, 0.6) is 0 Å². The summed E-state index contributed by atoms with van der Waals surface area (Å²) in [5, 5.41) is 0.906. The monoisotopic (exact) mass is 293 g/mol. The summed E-state index contributed by atoms with van der Waals surface area (Å²) in [6.45, 7) is 4.16. The average Bonchev–Trinajstić information content (AvgIpc) is 3.08. The number of nitrogens with zero attached hydrogens (tertiary/aromatic N) is 2. The molecule has 0 saturated carbocycles. The summed E-state index contributed by atoms with van der Waals surface area (Å²) in [4.78, 5) is 4.91. The SMILES string of the molecule is CN1CC(CN)CC1c1c(Cl)cccc1N1CCCC1. The van der Waals surface area contributed by atoms with E-state index in [9.17, 15) is 0 Å². The van der Waals surface area contributed by atoms with Gasteiger partial charge in [0.25, 0.3) is 0 Å². The third-order valence-corrected chi connectivity index (χ3v) is 5.11. The summed E-state index contributed by atoms with van der Waals surface area (Å²) in [5.41, 5.74) is 8.52. The van der Waals surface area contributed by atoms with Crippen molar-refractivity contribution < 1.29 is 0 Å². The zero-order valence-electron chi connectivity index (χ0n) is 12.2. The molecule has 2 aliphatic heterocycles. The fourth-order valence-corrected chi connectivity index (χ4v) is 4.00. The molecule has 0 bridgehead atoms. The van der Waals surface area contributed by atoms with Crippen LogP contribution in [0.4, 0.5) is 5.69 Å². The number of anilines is 1. The molecule has 2 fully saturated rings. The molecule has 0 radical (unpaired) electrons. The number of hydrogen-bond acceptors (Lipinski definition) is 3. The van der Waals surface area contributed by atoms with E-state index in [4.69, 9.17) is 17.3 Å². The molecule has 2 unspecified atom stereocenters. The van der Waals surface area contributed by atoms with Gasteiger partial charge in [0.1, 0.15) is 0 Å². The second-order valence-corrected chi connectivity index (χ2v) is 6.57. The first-order valence-electron chi connectivity index (χ1n) is 7.64. The third-order valence-electron chi connectivity index (χ3n) is 4.78. The van der Waals surface area contributed by atoms with Crippen molar-refractivity contribution in [2.45, 2.75) is 25.3 Å². The van der Waals surface area contributed by atoms with Gasteiger partial charge in [0.2, 0.25) is 0 Å². The number of rotatable bonds is 3. The zero-order chi connectivity index (χ0) is 14.1. The van der Waals surface area contributed by atoms with E-state index in [0.717, 1.165) is 37.6 Å². The van der Waals surface area contributed by atoms with Gasteiger partial charge in [-0.3, -0.25) is 4.90 Å². The molecule has 3 nitrogen and oxygen atoms in total. The van der Waals surface area contributed by atoms with E-state index in [1.54, 1.807) is 0 Å². The van der Waals surface area contributed by atoms with E-state index in [-0.39, 0.29) is 0 Å². The van der Waals surface area contributed by atoms with Gasteiger partial charge in [0.05, 0.1) is 0 Å². The highest BCUT2D eigenvalue weighted by atomic mass is 35.5. The molecular formula is C16H24ClN3. The molecule has 2 heterocycles. The first-order valence-corrected chi connectivity index (χ1v) is 8.02. The van der Waals surface area contributed by atoms with Crippen molar-refractivity contribution in [1.29, 1.82) is 0 Å². The molecule has 0 aromatic heterocycles. The molecule has 0 amide bonds. The van der Waals surface area contributed by atoms with Gasteiger partial charge in [-0.25, -0.2) is 0 Å². The highest BCUT2D eigenvalue weighted by molar-refractivity contribution is 6.31. The van der Waals surface area contributed by atoms with Gasteiger partial charge in [-0.05, 0) is 50.9 Å². The van der Waals surface area contributed by atoms with Crippen LogP contribution >= 0.6 is 11.6 Å². The van der Waals surface area contributed by atoms with E-state index in [0.29, 0.717) is 12.0 Å². The summed E-state index contributed by atoms with van der Waals surface area (Å²) in [7, 11) is 2.19. The predicted molar refractivity (Wildman–Crippen MR) is 85.4 cm³/mol. The molecule has 2 N–H and O–H groups in total. The lowest BCUT2D eigenvalue weighted by Gasteiger charge is -2.28. The van der Waals surface area contributed by atoms with Crippen molar-refractivity contribution in [2.24, 2.45) is 11.7 Å². The summed E-state index contributed by atoms with van der Waals surface area (Å²) >= 11 is 6.56. The Labute approximate surface area is 126 Å². The van der Waals surface area contributed by atoms with Crippen molar-refractivity contribution >= 4 is 17.3 Å². The lowest BCUT2D eigenvalue weighted by atomic mass is 9.98. The Bertz CT molecular complexity index is 471. The molecule has 20 heavy (non-hydrogen) atoms. The fourth-order valence-electron chi connectivity index (χ4n) is 3.70. The number of benzene rings is 1. The molecule has 1 aromatic rings. The molecule has 4 heteroatoms. The third kappa shape index (κ3) is 2.54. The maximum atomic E-state index is 6.56. The van der Waals surface area contributed by atoms with Gasteiger partial charge in [-0.1, -0.05) is 17.7 Å². The van der Waals surface area contributed by atoms with E-state index < -0.39 is 0 Å².